The lowest BCUT2D eigenvalue weighted by Crippen LogP contribution is -2.15. The Morgan fingerprint density at radius 1 is 1.33 bits per heavy atom. The Hall–Kier alpha value is -0.900. The van der Waals surface area contributed by atoms with Crippen molar-refractivity contribution in [3.8, 4) is 0 Å². The van der Waals surface area contributed by atoms with Gasteiger partial charge in [-0.2, -0.15) is 0 Å². The first kappa shape index (κ1) is 9.33. The molecule has 0 radical (unpaired) electrons. The first-order valence-electron chi connectivity index (χ1n) is 5.87. The monoisotopic (exact) mass is 206 g/mol. The molecule has 1 aromatic heterocycles. The molecule has 15 heavy (non-hydrogen) atoms. The van der Waals surface area contributed by atoms with Crippen LogP contribution in [-0.4, -0.2) is 14.8 Å². The summed E-state index contributed by atoms with van der Waals surface area (Å²) in [5.41, 5.74) is 5.62. The Balaban J connectivity index is 1.90. The van der Waals surface area contributed by atoms with Crippen LogP contribution >= 0.6 is 0 Å². The fourth-order valence-corrected chi connectivity index (χ4v) is 3.44. The van der Waals surface area contributed by atoms with Crippen molar-refractivity contribution in [3.63, 3.8) is 0 Å². The smallest absolute Gasteiger partial charge is 0.146 e. The zero-order valence-electron chi connectivity index (χ0n) is 9.19. The van der Waals surface area contributed by atoms with Gasteiger partial charge in [0.05, 0.1) is 6.54 Å². The maximum absolute atomic E-state index is 5.62. The number of nitrogens with two attached hydrogens (primary N) is 1. The standard InChI is InChI=1S/C11H18N4/c1-15-10(6-12)13-14-11(15)9-5-7-2-3-8(9)4-7/h7-9H,2-6,12H2,1H3. The largest absolute Gasteiger partial charge is 0.324 e. The van der Waals surface area contributed by atoms with Crippen LogP contribution in [0.2, 0.25) is 0 Å². The molecule has 0 saturated heterocycles. The van der Waals surface area contributed by atoms with Gasteiger partial charge in [0.1, 0.15) is 11.6 Å². The van der Waals surface area contributed by atoms with Gasteiger partial charge >= 0.3 is 0 Å². The van der Waals surface area contributed by atoms with Gasteiger partial charge in [-0.1, -0.05) is 6.42 Å². The van der Waals surface area contributed by atoms with Crippen LogP contribution in [0.3, 0.4) is 0 Å². The van der Waals surface area contributed by atoms with Crippen molar-refractivity contribution in [2.24, 2.45) is 24.6 Å². The average molecular weight is 206 g/mol. The number of nitrogens with zero attached hydrogens (tertiary/aromatic N) is 3. The fourth-order valence-electron chi connectivity index (χ4n) is 3.44. The summed E-state index contributed by atoms with van der Waals surface area (Å²) in [6.45, 7) is 0.490. The van der Waals surface area contributed by atoms with E-state index >= 15 is 0 Å². The quantitative estimate of drug-likeness (QED) is 0.790. The zero-order valence-corrected chi connectivity index (χ0v) is 9.19. The Labute approximate surface area is 89.9 Å². The van der Waals surface area contributed by atoms with Gasteiger partial charge in [-0.05, 0) is 31.1 Å². The summed E-state index contributed by atoms with van der Waals surface area (Å²) in [6.07, 6.45) is 5.56. The molecule has 0 aromatic carbocycles. The molecule has 3 unspecified atom stereocenters. The van der Waals surface area contributed by atoms with E-state index in [0.29, 0.717) is 12.5 Å². The minimum atomic E-state index is 0.490. The average Bonchev–Trinajstić information content (AvgIpc) is 2.91. The van der Waals surface area contributed by atoms with E-state index in [2.05, 4.69) is 14.8 Å². The number of fused-ring (bicyclic) bond motifs is 2. The molecular formula is C11H18N4. The molecule has 2 aliphatic rings. The number of rotatable bonds is 2. The third kappa shape index (κ3) is 1.31. The highest BCUT2D eigenvalue weighted by molar-refractivity contribution is 5.09. The van der Waals surface area contributed by atoms with Crippen LogP contribution in [0.1, 0.15) is 43.3 Å². The van der Waals surface area contributed by atoms with Crippen LogP contribution in [0.4, 0.5) is 0 Å². The van der Waals surface area contributed by atoms with Gasteiger partial charge in [0.25, 0.3) is 0 Å². The normalized spacial score (nSPS) is 33.9. The van der Waals surface area contributed by atoms with E-state index < -0.39 is 0 Å². The van der Waals surface area contributed by atoms with Crippen LogP contribution in [-0.2, 0) is 13.6 Å². The molecule has 0 amide bonds. The topological polar surface area (TPSA) is 56.7 Å². The molecule has 4 heteroatoms. The molecular weight excluding hydrogens is 188 g/mol. The zero-order chi connectivity index (χ0) is 10.4. The molecule has 1 aromatic rings. The van der Waals surface area contributed by atoms with Crippen LogP contribution in [0.15, 0.2) is 0 Å². The highest BCUT2D eigenvalue weighted by Crippen LogP contribution is 2.52. The second kappa shape index (κ2) is 3.30. The number of hydrogen-bond donors (Lipinski definition) is 1. The maximum Gasteiger partial charge on any atom is 0.146 e. The molecule has 1 heterocycles. The molecule has 2 bridgehead atoms. The highest BCUT2D eigenvalue weighted by atomic mass is 15.3. The van der Waals surface area contributed by atoms with Crippen molar-refractivity contribution in [2.75, 3.05) is 0 Å². The molecule has 4 nitrogen and oxygen atoms in total. The van der Waals surface area contributed by atoms with E-state index in [1.807, 2.05) is 7.05 Å². The Bertz CT molecular complexity index is 371. The minimum absolute atomic E-state index is 0.490. The molecule has 2 aliphatic carbocycles. The van der Waals surface area contributed by atoms with Crippen LogP contribution < -0.4 is 5.73 Å². The van der Waals surface area contributed by atoms with Gasteiger partial charge in [-0.25, -0.2) is 0 Å². The van der Waals surface area contributed by atoms with Crippen molar-refractivity contribution in [3.05, 3.63) is 11.6 Å². The SMILES string of the molecule is Cn1c(CN)nnc1C1CC2CCC1C2. The summed E-state index contributed by atoms with van der Waals surface area (Å²) < 4.78 is 2.10. The summed E-state index contributed by atoms with van der Waals surface area (Å²) in [4.78, 5) is 0. The molecule has 82 valence electrons. The third-order valence-electron chi connectivity index (χ3n) is 4.25. The van der Waals surface area contributed by atoms with E-state index in [9.17, 15) is 0 Å². The van der Waals surface area contributed by atoms with Crippen LogP contribution in [0.25, 0.3) is 0 Å². The maximum atomic E-state index is 5.62. The van der Waals surface area contributed by atoms with Gasteiger partial charge < -0.3 is 10.3 Å². The Kier molecular flexibility index (Phi) is 2.06. The van der Waals surface area contributed by atoms with Gasteiger partial charge in [0, 0.05) is 13.0 Å². The molecule has 2 N–H and O–H groups in total. The Morgan fingerprint density at radius 2 is 2.20 bits per heavy atom. The van der Waals surface area contributed by atoms with E-state index in [-0.39, 0.29) is 0 Å². The first-order valence-corrected chi connectivity index (χ1v) is 5.87. The fraction of sp³-hybridized carbons (Fsp3) is 0.818. The van der Waals surface area contributed by atoms with Crippen molar-refractivity contribution in [1.29, 1.82) is 0 Å². The lowest BCUT2D eigenvalue weighted by atomic mass is 9.88. The lowest BCUT2D eigenvalue weighted by molar-refractivity contribution is 0.397. The molecule has 0 aliphatic heterocycles. The van der Waals surface area contributed by atoms with Crippen molar-refractivity contribution >= 4 is 0 Å². The van der Waals surface area contributed by atoms with Crippen LogP contribution in [0.5, 0.6) is 0 Å². The second-order valence-electron chi connectivity index (χ2n) is 5.02. The van der Waals surface area contributed by atoms with E-state index in [1.165, 1.54) is 31.5 Å². The molecule has 3 rings (SSSR count). The van der Waals surface area contributed by atoms with E-state index in [1.54, 1.807) is 0 Å². The minimum Gasteiger partial charge on any atom is -0.324 e. The summed E-state index contributed by atoms with van der Waals surface area (Å²) >= 11 is 0. The third-order valence-corrected chi connectivity index (χ3v) is 4.25. The number of aromatic nitrogens is 3. The van der Waals surface area contributed by atoms with Crippen molar-refractivity contribution < 1.29 is 0 Å². The molecule has 0 spiro atoms. The summed E-state index contributed by atoms with van der Waals surface area (Å²) in [7, 11) is 2.05. The predicted octanol–water partition coefficient (Wildman–Crippen LogP) is 1.18. The summed E-state index contributed by atoms with van der Waals surface area (Å²) in [6, 6.07) is 0. The second-order valence-corrected chi connectivity index (χ2v) is 5.02. The predicted molar refractivity (Wildman–Crippen MR) is 57.1 cm³/mol. The number of hydrogen-bond acceptors (Lipinski definition) is 3. The van der Waals surface area contributed by atoms with Gasteiger partial charge in [0.2, 0.25) is 0 Å². The molecule has 2 saturated carbocycles. The Morgan fingerprint density at radius 3 is 2.73 bits per heavy atom. The molecule has 2 fully saturated rings. The van der Waals surface area contributed by atoms with Crippen molar-refractivity contribution in [2.45, 2.75) is 38.1 Å². The van der Waals surface area contributed by atoms with Gasteiger partial charge in [0.15, 0.2) is 0 Å². The van der Waals surface area contributed by atoms with E-state index in [4.69, 9.17) is 5.73 Å². The summed E-state index contributed by atoms with van der Waals surface area (Å²) in [5, 5.41) is 8.47. The van der Waals surface area contributed by atoms with Gasteiger partial charge in [-0.15, -0.1) is 10.2 Å². The van der Waals surface area contributed by atoms with Crippen LogP contribution in [0, 0.1) is 11.8 Å². The van der Waals surface area contributed by atoms with Gasteiger partial charge in [-0.3, -0.25) is 0 Å². The van der Waals surface area contributed by atoms with E-state index in [0.717, 1.165) is 17.7 Å². The highest BCUT2D eigenvalue weighted by Gasteiger charge is 2.42. The van der Waals surface area contributed by atoms with Crippen molar-refractivity contribution in [1.82, 2.24) is 14.8 Å². The molecule has 3 atom stereocenters. The lowest BCUT2D eigenvalue weighted by Gasteiger charge is -2.20. The summed E-state index contributed by atoms with van der Waals surface area (Å²) in [5.74, 6) is 4.55. The first-order chi connectivity index (χ1) is 7.29.